The number of hydrogen-bond donors (Lipinski definition) is 0. The summed E-state index contributed by atoms with van der Waals surface area (Å²) in [6, 6.07) is 12.7. The second-order valence-electron chi connectivity index (χ2n) is 6.72. The second-order valence-corrected chi connectivity index (χ2v) is 6.72. The molecule has 1 fully saturated rings. The molecule has 0 atom stereocenters. The van der Waals surface area contributed by atoms with Gasteiger partial charge in [-0.1, -0.05) is 24.3 Å². The molecule has 0 aliphatic carbocycles. The fourth-order valence-electron chi connectivity index (χ4n) is 3.29. The first-order valence-corrected chi connectivity index (χ1v) is 9.00. The van der Waals surface area contributed by atoms with Crippen molar-refractivity contribution in [2.45, 2.75) is 19.4 Å². The second kappa shape index (κ2) is 7.31. The summed E-state index contributed by atoms with van der Waals surface area (Å²) in [6.45, 7) is -0.328. The third kappa shape index (κ3) is 3.40. The molecule has 2 aromatic rings. The Balaban J connectivity index is 1.37. The van der Waals surface area contributed by atoms with Crippen LogP contribution in [-0.4, -0.2) is 46.1 Å². The van der Waals surface area contributed by atoms with Crippen LogP contribution in [0.4, 0.5) is 0 Å². The molecule has 4 amide bonds. The number of imide groups is 2. The van der Waals surface area contributed by atoms with Gasteiger partial charge in [-0.3, -0.25) is 24.1 Å². The highest BCUT2D eigenvalue weighted by atomic mass is 16.5. The normalized spacial score (nSPS) is 15.9. The molecule has 146 valence electrons. The van der Waals surface area contributed by atoms with Gasteiger partial charge in [0.15, 0.2) is 6.73 Å². The lowest BCUT2D eigenvalue weighted by Gasteiger charge is -2.15. The molecular formula is C21H16N2O6. The molecule has 1 saturated heterocycles. The molecule has 2 heterocycles. The number of carbonyl (C=O) groups is 5. The van der Waals surface area contributed by atoms with Crippen LogP contribution in [0.15, 0.2) is 48.5 Å². The summed E-state index contributed by atoms with van der Waals surface area (Å²) in [7, 11) is 0. The number of benzene rings is 2. The maximum absolute atomic E-state index is 12.3. The first kappa shape index (κ1) is 18.5. The van der Waals surface area contributed by atoms with E-state index in [2.05, 4.69) is 0 Å². The van der Waals surface area contributed by atoms with Gasteiger partial charge in [0.05, 0.1) is 23.2 Å². The topological polar surface area (TPSA) is 101 Å². The lowest BCUT2D eigenvalue weighted by atomic mass is 10.1. The predicted octanol–water partition coefficient (Wildman–Crippen LogP) is 1.75. The van der Waals surface area contributed by atoms with E-state index in [9.17, 15) is 24.0 Å². The zero-order valence-corrected chi connectivity index (χ0v) is 15.3. The van der Waals surface area contributed by atoms with Crippen molar-refractivity contribution in [2.75, 3.05) is 6.73 Å². The fourth-order valence-corrected chi connectivity index (χ4v) is 3.29. The Hall–Kier alpha value is -3.81. The zero-order valence-electron chi connectivity index (χ0n) is 15.3. The maximum atomic E-state index is 12.3. The highest BCUT2D eigenvalue weighted by Gasteiger charge is 2.35. The van der Waals surface area contributed by atoms with E-state index in [1.54, 1.807) is 36.4 Å². The van der Waals surface area contributed by atoms with E-state index in [4.69, 9.17) is 4.74 Å². The number of likely N-dealkylation sites (tertiary alicyclic amines) is 1. The Morgan fingerprint density at radius 1 is 0.793 bits per heavy atom. The van der Waals surface area contributed by atoms with Crippen molar-refractivity contribution in [1.29, 1.82) is 0 Å². The van der Waals surface area contributed by atoms with E-state index in [1.807, 2.05) is 0 Å². The number of fused-ring (bicyclic) bond motifs is 1. The summed E-state index contributed by atoms with van der Waals surface area (Å²) in [5, 5.41) is 0. The summed E-state index contributed by atoms with van der Waals surface area (Å²) in [5.41, 5.74) is 1.49. The molecule has 0 spiro atoms. The van der Waals surface area contributed by atoms with Crippen LogP contribution in [0.3, 0.4) is 0 Å². The van der Waals surface area contributed by atoms with Gasteiger partial charge in [-0.2, -0.15) is 0 Å². The van der Waals surface area contributed by atoms with E-state index < -0.39 is 24.5 Å². The van der Waals surface area contributed by atoms with Crippen molar-refractivity contribution in [2.24, 2.45) is 0 Å². The van der Waals surface area contributed by atoms with Crippen LogP contribution < -0.4 is 0 Å². The molecule has 0 bridgehead atoms. The summed E-state index contributed by atoms with van der Waals surface area (Å²) in [5.74, 6) is -2.12. The summed E-state index contributed by atoms with van der Waals surface area (Å²) < 4.78 is 5.12. The lowest BCUT2D eigenvalue weighted by Crippen LogP contribution is -2.33. The van der Waals surface area contributed by atoms with Crippen LogP contribution in [0.5, 0.6) is 0 Å². The van der Waals surface area contributed by atoms with E-state index in [1.165, 1.54) is 17.0 Å². The van der Waals surface area contributed by atoms with Crippen molar-refractivity contribution in [1.82, 2.24) is 9.80 Å². The predicted molar refractivity (Wildman–Crippen MR) is 98.5 cm³/mol. The number of hydrogen-bond acceptors (Lipinski definition) is 6. The molecule has 0 unspecified atom stereocenters. The molecule has 0 radical (unpaired) electrons. The number of carbonyl (C=O) groups excluding carboxylic acids is 5. The van der Waals surface area contributed by atoms with E-state index >= 15 is 0 Å². The van der Waals surface area contributed by atoms with Crippen molar-refractivity contribution in [3.05, 3.63) is 70.8 Å². The number of nitrogens with zero attached hydrogens (tertiary/aromatic N) is 2. The van der Waals surface area contributed by atoms with E-state index in [0.717, 1.165) is 4.90 Å². The van der Waals surface area contributed by atoms with Crippen molar-refractivity contribution in [3.8, 4) is 0 Å². The molecule has 4 rings (SSSR count). The van der Waals surface area contributed by atoms with Gasteiger partial charge in [-0.05, 0) is 29.8 Å². The van der Waals surface area contributed by atoms with Gasteiger partial charge in [0.1, 0.15) is 0 Å². The monoisotopic (exact) mass is 392 g/mol. The average molecular weight is 392 g/mol. The Kier molecular flexibility index (Phi) is 4.67. The molecule has 8 heteroatoms. The number of ether oxygens (including phenoxy) is 1. The quantitative estimate of drug-likeness (QED) is 0.568. The Bertz CT molecular complexity index is 992. The maximum Gasteiger partial charge on any atom is 0.339 e. The highest BCUT2D eigenvalue weighted by Crippen LogP contribution is 2.22. The van der Waals surface area contributed by atoms with Crippen LogP contribution in [0.2, 0.25) is 0 Å². The van der Waals surface area contributed by atoms with Gasteiger partial charge in [0.25, 0.3) is 11.8 Å². The standard InChI is InChI=1S/C21H16N2O6/c24-17-9-10-18(25)22(17)11-13-5-7-14(8-6-13)21(28)29-12-23-19(26)15-3-1-2-4-16(15)20(23)27/h1-8H,9-12H2. The molecule has 0 aromatic heterocycles. The van der Waals surface area contributed by atoms with E-state index in [0.29, 0.717) is 5.56 Å². The molecule has 0 N–H and O–H groups in total. The Morgan fingerprint density at radius 3 is 1.90 bits per heavy atom. The minimum atomic E-state index is -0.693. The van der Waals surface area contributed by atoms with Crippen LogP contribution in [-0.2, 0) is 20.9 Å². The molecule has 2 aliphatic heterocycles. The van der Waals surface area contributed by atoms with Crippen LogP contribution in [0, 0.1) is 0 Å². The third-order valence-electron chi connectivity index (χ3n) is 4.89. The molecule has 2 aromatic carbocycles. The molecule has 29 heavy (non-hydrogen) atoms. The lowest BCUT2D eigenvalue weighted by molar-refractivity contribution is -0.139. The van der Waals surface area contributed by atoms with Crippen LogP contribution >= 0.6 is 0 Å². The summed E-state index contributed by atoms with van der Waals surface area (Å²) in [6.07, 6.45) is 0.447. The van der Waals surface area contributed by atoms with Gasteiger partial charge >= 0.3 is 5.97 Å². The third-order valence-corrected chi connectivity index (χ3v) is 4.89. The number of rotatable bonds is 5. The Labute approximate surface area is 165 Å². The Morgan fingerprint density at radius 2 is 1.34 bits per heavy atom. The first-order chi connectivity index (χ1) is 14.0. The largest absolute Gasteiger partial charge is 0.440 e. The molecule has 2 aliphatic rings. The average Bonchev–Trinajstić information content (AvgIpc) is 3.18. The van der Waals surface area contributed by atoms with E-state index in [-0.39, 0.29) is 47.9 Å². The first-order valence-electron chi connectivity index (χ1n) is 9.00. The minimum Gasteiger partial charge on any atom is -0.440 e. The smallest absolute Gasteiger partial charge is 0.339 e. The van der Waals surface area contributed by atoms with Crippen molar-refractivity contribution in [3.63, 3.8) is 0 Å². The molecule has 8 nitrogen and oxygen atoms in total. The van der Waals surface area contributed by atoms with Crippen LogP contribution in [0.25, 0.3) is 0 Å². The zero-order chi connectivity index (χ0) is 20.5. The van der Waals surface area contributed by atoms with Gasteiger partial charge in [-0.15, -0.1) is 0 Å². The van der Waals surface area contributed by atoms with Gasteiger partial charge in [0, 0.05) is 12.8 Å². The van der Waals surface area contributed by atoms with Crippen LogP contribution in [0.1, 0.15) is 49.5 Å². The van der Waals surface area contributed by atoms with Gasteiger partial charge in [0.2, 0.25) is 11.8 Å². The molecule has 0 saturated carbocycles. The van der Waals surface area contributed by atoms with Gasteiger partial charge < -0.3 is 4.74 Å². The van der Waals surface area contributed by atoms with Crippen molar-refractivity contribution < 1.29 is 28.7 Å². The fraction of sp³-hybridized carbons (Fsp3) is 0.190. The number of amides is 4. The molecular weight excluding hydrogens is 376 g/mol. The SMILES string of the molecule is O=C(OCN1C(=O)c2ccccc2C1=O)c1ccc(CN2C(=O)CCC2=O)cc1. The minimum absolute atomic E-state index is 0.155. The van der Waals surface area contributed by atoms with Gasteiger partial charge in [-0.25, -0.2) is 9.69 Å². The number of esters is 1. The summed E-state index contributed by atoms with van der Waals surface area (Å²) in [4.78, 5) is 62.2. The van der Waals surface area contributed by atoms with Crippen molar-refractivity contribution >= 4 is 29.6 Å². The highest BCUT2D eigenvalue weighted by molar-refractivity contribution is 6.21. The summed E-state index contributed by atoms with van der Waals surface area (Å²) >= 11 is 0.